The maximum atomic E-state index is 4.93. The van der Waals surface area contributed by atoms with Crippen LogP contribution in [0.1, 0.15) is 5.56 Å². The molecule has 0 unspecified atom stereocenters. The first-order valence-corrected chi connectivity index (χ1v) is 4.16. The summed E-state index contributed by atoms with van der Waals surface area (Å²) >= 11 is 3.34. The lowest BCUT2D eigenvalue weighted by Crippen LogP contribution is -2.10. The van der Waals surface area contributed by atoms with E-state index in [4.69, 9.17) is 9.78 Å². The number of halogens is 1. The first-order valence-electron chi connectivity index (χ1n) is 3.36. The number of benzene rings is 1. The molecule has 0 N–H and O–H groups in total. The fraction of sp³-hybridized carbons (Fsp3) is 0.250. The summed E-state index contributed by atoms with van der Waals surface area (Å²) in [6.07, 6.45) is 0.870. The van der Waals surface area contributed by atoms with E-state index in [1.54, 1.807) is 0 Å². The van der Waals surface area contributed by atoms with Crippen LogP contribution in [0.3, 0.4) is 0 Å². The Hall–Kier alpha value is -0.540. The summed E-state index contributed by atoms with van der Waals surface area (Å²) in [6, 6.07) is 6.89. The van der Waals surface area contributed by atoms with Gasteiger partial charge < -0.3 is 4.89 Å². The van der Waals surface area contributed by atoms with Crippen LogP contribution in [0.5, 0.6) is 5.75 Å². The second-order valence-electron chi connectivity index (χ2n) is 2.30. The molecule has 1 aromatic carbocycles. The first-order chi connectivity index (χ1) is 5.36. The Balaban J connectivity index is 2.43. The van der Waals surface area contributed by atoms with Crippen molar-refractivity contribution in [2.45, 2.75) is 6.42 Å². The third kappa shape index (κ3) is 1.39. The van der Waals surface area contributed by atoms with Crippen molar-refractivity contribution in [3.05, 3.63) is 28.2 Å². The molecular formula is C8H6BrO2. The van der Waals surface area contributed by atoms with Crippen LogP contribution in [-0.2, 0) is 11.3 Å². The number of rotatable bonds is 0. The molecule has 0 saturated carbocycles. The third-order valence-corrected chi connectivity index (χ3v) is 2.00. The summed E-state index contributed by atoms with van der Waals surface area (Å²) in [6.45, 7) is 0.611. The Kier molecular flexibility index (Phi) is 1.84. The van der Waals surface area contributed by atoms with Crippen molar-refractivity contribution in [3.63, 3.8) is 0 Å². The average Bonchev–Trinajstić information content (AvgIpc) is 2.04. The van der Waals surface area contributed by atoms with Crippen LogP contribution in [0.15, 0.2) is 16.6 Å². The topological polar surface area (TPSA) is 18.5 Å². The van der Waals surface area contributed by atoms with E-state index in [1.807, 2.05) is 12.1 Å². The Morgan fingerprint density at radius 2 is 2.36 bits per heavy atom. The molecule has 2 rings (SSSR count). The van der Waals surface area contributed by atoms with Crippen LogP contribution in [0, 0.1) is 6.07 Å². The van der Waals surface area contributed by atoms with E-state index in [9.17, 15) is 0 Å². The van der Waals surface area contributed by atoms with E-state index in [1.165, 1.54) is 0 Å². The van der Waals surface area contributed by atoms with E-state index in [0.29, 0.717) is 6.61 Å². The molecule has 3 heteroatoms. The molecule has 1 heterocycles. The highest BCUT2D eigenvalue weighted by Gasteiger charge is 2.10. The van der Waals surface area contributed by atoms with Crippen LogP contribution < -0.4 is 4.89 Å². The zero-order valence-corrected chi connectivity index (χ0v) is 7.35. The second kappa shape index (κ2) is 2.83. The molecule has 0 aliphatic carbocycles. The lowest BCUT2D eigenvalue weighted by molar-refractivity contribution is -0.215. The van der Waals surface area contributed by atoms with Crippen LogP contribution in [0.25, 0.3) is 0 Å². The molecule has 57 valence electrons. The van der Waals surface area contributed by atoms with Gasteiger partial charge in [0.25, 0.3) is 0 Å². The average molecular weight is 214 g/mol. The molecule has 1 radical (unpaired) electrons. The van der Waals surface area contributed by atoms with E-state index in [-0.39, 0.29) is 0 Å². The van der Waals surface area contributed by atoms with Gasteiger partial charge in [-0.2, -0.15) is 4.89 Å². The molecule has 0 fully saturated rings. The van der Waals surface area contributed by atoms with E-state index >= 15 is 0 Å². The minimum atomic E-state index is 0.611. The number of fused-ring (bicyclic) bond motifs is 1. The van der Waals surface area contributed by atoms with Crippen molar-refractivity contribution in [2.75, 3.05) is 6.61 Å². The van der Waals surface area contributed by atoms with Crippen LogP contribution >= 0.6 is 15.9 Å². The lowest BCUT2D eigenvalue weighted by atomic mass is 10.1. The molecule has 0 amide bonds. The predicted molar refractivity (Wildman–Crippen MR) is 43.3 cm³/mol. The van der Waals surface area contributed by atoms with Crippen molar-refractivity contribution in [1.29, 1.82) is 0 Å². The molecule has 1 aliphatic rings. The minimum absolute atomic E-state index is 0.611. The molecule has 1 aromatic rings. The van der Waals surface area contributed by atoms with Gasteiger partial charge in [-0.15, -0.1) is 0 Å². The Bertz CT molecular complexity index is 273. The van der Waals surface area contributed by atoms with Gasteiger partial charge in [0.15, 0.2) is 5.75 Å². The highest BCUT2D eigenvalue weighted by Crippen LogP contribution is 2.25. The second-order valence-corrected chi connectivity index (χ2v) is 3.16. The Labute approximate surface area is 73.2 Å². The SMILES string of the molecule is Brc1[c]c2c(cc1)OOCC2. The molecule has 11 heavy (non-hydrogen) atoms. The van der Waals surface area contributed by atoms with E-state index in [2.05, 4.69) is 22.0 Å². The monoisotopic (exact) mass is 213 g/mol. The van der Waals surface area contributed by atoms with Gasteiger partial charge in [0.05, 0.1) is 6.61 Å². The van der Waals surface area contributed by atoms with E-state index in [0.717, 1.165) is 22.2 Å². The zero-order chi connectivity index (χ0) is 7.68. The lowest BCUT2D eigenvalue weighted by Gasteiger charge is -2.14. The molecule has 0 aromatic heterocycles. The van der Waals surface area contributed by atoms with Gasteiger partial charge in [-0.3, -0.25) is 0 Å². The summed E-state index contributed by atoms with van der Waals surface area (Å²) in [7, 11) is 0. The summed E-state index contributed by atoms with van der Waals surface area (Å²) < 4.78 is 0.960. The van der Waals surface area contributed by atoms with Gasteiger partial charge in [-0.25, -0.2) is 0 Å². The maximum absolute atomic E-state index is 4.93. The molecule has 0 bridgehead atoms. The van der Waals surface area contributed by atoms with Gasteiger partial charge >= 0.3 is 0 Å². The molecule has 2 nitrogen and oxygen atoms in total. The van der Waals surface area contributed by atoms with Crippen LogP contribution in [0.4, 0.5) is 0 Å². The standard InChI is InChI=1S/C8H6BrO2/c9-7-1-2-8-6(5-7)3-4-10-11-8/h1-2H,3-4H2. The Morgan fingerprint density at radius 1 is 1.45 bits per heavy atom. The Morgan fingerprint density at radius 3 is 3.27 bits per heavy atom. The van der Waals surface area contributed by atoms with Gasteiger partial charge in [0.1, 0.15) is 0 Å². The molecular weight excluding hydrogens is 208 g/mol. The molecule has 0 saturated heterocycles. The van der Waals surface area contributed by atoms with Crippen molar-refractivity contribution >= 4 is 15.9 Å². The first kappa shape index (κ1) is 7.13. The largest absolute Gasteiger partial charge is 0.337 e. The smallest absolute Gasteiger partial charge is 0.169 e. The van der Waals surface area contributed by atoms with Gasteiger partial charge in [-0.05, 0) is 12.1 Å². The fourth-order valence-corrected chi connectivity index (χ4v) is 1.38. The summed E-state index contributed by atoms with van der Waals surface area (Å²) in [4.78, 5) is 9.73. The third-order valence-electron chi connectivity index (χ3n) is 1.53. The van der Waals surface area contributed by atoms with Crippen molar-refractivity contribution in [1.82, 2.24) is 0 Å². The summed E-state index contributed by atoms with van der Waals surface area (Å²) in [5, 5.41) is 0. The maximum Gasteiger partial charge on any atom is 0.169 e. The quantitative estimate of drug-likeness (QED) is 0.615. The van der Waals surface area contributed by atoms with Gasteiger partial charge in [-0.1, -0.05) is 15.9 Å². The highest BCUT2D eigenvalue weighted by atomic mass is 79.9. The molecule has 0 atom stereocenters. The molecule has 1 aliphatic heterocycles. The van der Waals surface area contributed by atoms with E-state index < -0.39 is 0 Å². The van der Waals surface area contributed by atoms with Gasteiger partial charge in [0.2, 0.25) is 0 Å². The fourth-order valence-electron chi connectivity index (χ4n) is 1.01. The minimum Gasteiger partial charge on any atom is -0.337 e. The summed E-state index contributed by atoms with van der Waals surface area (Å²) in [5.41, 5.74) is 1.07. The predicted octanol–water partition coefficient (Wildman–Crippen LogP) is 2.12. The number of hydrogen-bond donors (Lipinski definition) is 0. The molecule has 0 spiro atoms. The van der Waals surface area contributed by atoms with Crippen LogP contribution in [-0.4, -0.2) is 6.61 Å². The van der Waals surface area contributed by atoms with Crippen molar-refractivity contribution in [2.24, 2.45) is 0 Å². The van der Waals surface area contributed by atoms with Crippen molar-refractivity contribution in [3.8, 4) is 5.75 Å². The number of hydrogen-bond acceptors (Lipinski definition) is 2. The highest BCUT2D eigenvalue weighted by molar-refractivity contribution is 9.10. The van der Waals surface area contributed by atoms with Gasteiger partial charge in [0, 0.05) is 22.5 Å². The summed E-state index contributed by atoms with van der Waals surface area (Å²) in [5.74, 6) is 0.777. The normalized spacial score (nSPS) is 15.4. The van der Waals surface area contributed by atoms with Crippen molar-refractivity contribution < 1.29 is 9.78 Å². The van der Waals surface area contributed by atoms with Crippen LogP contribution in [0.2, 0.25) is 0 Å². The zero-order valence-electron chi connectivity index (χ0n) is 5.76.